The number of benzene rings is 1. The fraction of sp³-hybridized carbons (Fsp3) is 0.462. The van der Waals surface area contributed by atoms with Gasteiger partial charge in [0.25, 0.3) is 0 Å². The van der Waals surface area contributed by atoms with Gasteiger partial charge in [-0.15, -0.1) is 0 Å². The summed E-state index contributed by atoms with van der Waals surface area (Å²) in [7, 11) is 0. The summed E-state index contributed by atoms with van der Waals surface area (Å²) in [5, 5.41) is 9.00. The first-order valence-electron chi connectivity index (χ1n) is 5.43. The highest BCUT2D eigenvalue weighted by atomic mass is 19.1. The van der Waals surface area contributed by atoms with E-state index in [4.69, 9.17) is 5.26 Å². The van der Waals surface area contributed by atoms with E-state index >= 15 is 0 Å². The molecule has 0 N–H and O–H groups in total. The third-order valence-electron chi connectivity index (χ3n) is 2.52. The summed E-state index contributed by atoms with van der Waals surface area (Å²) in [5.41, 5.74) is 0.926. The van der Waals surface area contributed by atoms with Gasteiger partial charge in [-0.25, -0.2) is 4.39 Å². The van der Waals surface area contributed by atoms with E-state index in [1.807, 2.05) is 0 Å². The molecule has 15 heavy (non-hydrogen) atoms. The van der Waals surface area contributed by atoms with Gasteiger partial charge in [-0.2, -0.15) is 5.26 Å². The molecule has 1 nitrogen and oxygen atoms in total. The van der Waals surface area contributed by atoms with Gasteiger partial charge in [0.05, 0.1) is 12.0 Å². The second kappa shape index (κ2) is 6.19. The molecule has 0 bridgehead atoms. The zero-order chi connectivity index (χ0) is 11.1. The first-order valence-corrected chi connectivity index (χ1v) is 5.43. The Morgan fingerprint density at radius 1 is 1.27 bits per heavy atom. The Bertz CT molecular complexity index is 323. The van der Waals surface area contributed by atoms with Crippen LogP contribution < -0.4 is 0 Å². The predicted molar refractivity (Wildman–Crippen MR) is 58.9 cm³/mol. The highest BCUT2D eigenvalue weighted by Gasteiger charge is 2.09. The van der Waals surface area contributed by atoms with Gasteiger partial charge in [0.15, 0.2) is 0 Å². The SMILES string of the molecule is CCCCCC(C#N)c1ccc(F)cc1. The molecule has 0 aliphatic rings. The van der Waals surface area contributed by atoms with Crippen LogP contribution in [0.3, 0.4) is 0 Å². The van der Waals surface area contributed by atoms with Crippen LogP contribution in [0, 0.1) is 17.1 Å². The fourth-order valence-electron chi connectivity index (χ4n) is 1.60. The molecule has 0 saturated heterocycles. The van der Waals surface area contributed by atoms with Crippen LogP contribution in [-0.4, -0.2) is 0 Å². The van der Waals surface area contributed by atoms with Gasteiger partial charge in [-0.05, 0) is 24.1 Å². The van der Waals surface area contributed by atoms with Gasteiger partial charge in [0.2, 0.25) is 0 Å². The van der Waals surface area contributed by atoms with E-state index in [0.717, 1.165) is 31.2 Å². The normalized spacial score (nSPS) is 12.1. The maximum Gasteiger partial charge on any atom is 0.123 e. The Balaban J connectivity index is 2.59. The zero-order valence-electron chi connectivity index (χ0n) is 9.04. The first kappa shape index (κ1) is 11.7. The maximum atomic E-state index is 12.7. The number of hydrogen-bond acceptors (Lipinski definition) is 1. The molecule has 0 spiro atoms. The van der Waals surface area contributed by atoms with Gasteiger partial charge < -0.3 is 0 Å². The number of rotatable bonds is 5. The Morgan fingerprint density at radius 3 is 2.47 bits per heavy atom. The Morgan fingerprint density at radius 2 is 1.93 bits per heavy atom. The van der Waals surface area contributed by atoms with Gasteiger partial charge in [-0.3, -0.25) is 0 Å². The second-order valence-corrected chi connectivity index (χ2v) is 3.73. The molecule has 1 aromatic carbocycles. The molecule has 1 aromatic rings. The van der Waals surface area contributed by atoms with Crippen LogP contribution in [0.15, 0.2) is 24.3 Å². The zero-order valence-corrected chi connectivity index (χ0v) is 9.04. The van der Waals surface area contributed by atoms with Crippen LogP contribution in [0.5, 0.6) is 0 Å². The number of unbranched alkanes of at least 4 members (excludes halogenated alkanes) is 2. The van der Waals surface area contributed by atoms with Crippen molar-refractivity contribution in [3.05, 3.63) is 35.6 Å². The largest absolute Gasteiger partial charge is 0.207 e. The minimum absolute atomic E-state index is 0.0860. The lowest BCUT2D eigenvalue weighted by Crippen LogP contribution is -1.95. The highest BCUT2D eigenvalue weighted by molar-refractivity contribution is 5.25. The van der Waals surface area contributed by atoms with Crippen molar-refractivity contribution in [2.45, 2.75) is 38.5 Å². The number of halogens is 1. The van der Waals surface area contributed by atoms with Crippen molar-refractivity contribution in [2.24, 2.45) is 0 Å². The Labute approximate surface area is 90.5 Å². The van der Waals surface area contributed by atoms with Gasteiger partial charge in [0.1, 0.15) is 5.82 Å². The average Bonchev–Trinajstić information content (AvgIpc) is 2.26. The summed E-state index contributed by atoms with van der Waals surface area (Å²) in [6.07, 6.45) is 4.24. The quantitative estimate of drug-likeness (QED) is 0.666. The monoisotopic (exact) mass is 205 g/mol. The van der Waals surface area contributed by atoms with Crippen LogP contribution >= 0.6 is 0 Å². The summed E-state index contributed by atoms with van der Waals surface area (Å²) in [6.45, 7) is 2.14. The molecule has 1 atom stereocenters. The van der Waals surface area contributed by atoms with Crippen molar-refractivity contribution in [3.63, 3.8) is 0 Å². The molecule has 0 amide bonds. The van der Waals surface area contributed by atoms with Crippen LogP contribution in [0.2, 0.25) is 0 Å². The fourth-order valence-corrected chi connectivity index (χ4v) is 1.60. The van der Waals surface area contributed by atoms with Crippen molar-refractivity contribution in [3.8, 4) is 6.07 Å². The predicted octanol–water partition coefficient (Wildman–Crippen LogP) is 4.01. The Kier molecular flexibility index (Phi) is 4.83. The van der Waals surface area contributed by atoms with Gasteiger partial charge >= 0.3 is 0 Å². The molecule has 0 aliphatic carbocycles. The van der Waals surface area contributed by atoms with Crippen molar-refractivity contribution >= 4 is 0 Å². The Hall–Kier alpha value is -1.36. The molecule has 0 aliphatic heterocycles. The minimum atomic E-state index is -0.246. The molecule has 1 rings (SSSR count). The van der Waals surface area contributed by atoms with E-state index < -0.39 is 0 Å². The molecule has 0 fully saturated rings. The third kappa shape index (κ3) is 3.71. The third-order valence-corrected chi connectivity index (χ3v) is 2.52. The second-order valence-electron chi connectivity index (χ2n) is 3.73. The first-order chi connectivity index (χ1) is 7.27. The van der Waals surface area contributed by atoms with E-state index in [2.05, 4.69) is 13.0 Å². The molecular formula is C13H16FN. The van der Waals surface area contributed by atoms with Gasteiger partial charge in [-0.1, -0.05) is 38.3 Å². The highest BCUT2D eigenvalue weighted by Crippen LogP contribution is 2.21. The summed E-state index contributed by atoms with van der Waals surface area (Å²) < 4.78 is 12.7. The summed E-state index contributed by atoms with van der Waals surface area (Å²) >= 11 is 0. The van der Waals surface area contributed by atoms with Crippen molar-refractivity contribution in [1.82, 2.24) is 0 Å². The molecule has 0 saturated carbocycles. The maximum absolute atomic E-state index is 12.7. The number of hydrogen-bond donors (Lipinski definition) is 0. The lowest BCUT2D eigenvalue weighted by molar-refractivity contribution is 0.619. The average molecular weight is 205 g/mol. The summed E-state index contributed by atoms with van der Waals surface area (Å²) in [6, 6.07) is 8.51. The van der Waals surface area contributed by atoms with Gasteiger partial charge in [0, 0.05) is 0 Å². The van der Waals surface area contributed by atoms with E-state index in [0.29, 0.717) is 0 Å². The summed E-state index contributed by atoms with van der Waals surface area (Å²) in [4.78, 5) is 0. The number of nitrogens with zero attached hydrogens (tertiary/aromatic N) is 1. The van der Waals surface area contributed by atoms with Crippen molar-refractivity contribution in [2.75, 3.05) is 0 Å². The molecule has 1 unspecified atom stereocenters. The minimum Gasteiger partial charge on any atom is -0.207 e. The van der Waals surface area contributed by atoms with Crippen molar-refractivity contribution < 1.29 is 4.39 Å². The number of nitriles is 1. The van der Waals surface area contributed by atoms with E-state index in [1.165, 1.54) is 12.1 Å². The van der Waals surface area contributed by atoms with Crippen LogP contribution in [0.4, 0.5) is 4.39 Å². The lowest BCUT2D eigenvalue weighted by atomic mass is 9.95. The van der Waals surface area contributed by atoms with E-state index in [1.54, 1.807) is 12.1 Å². The smallest absolute Gasteiger partial charge is 0.123 e. The summed E-state index contributed by atoms with van der Waals surface area (Å²) in [5.74, 6) is -0.332. The molecule has 0 radical (unpaired) electrons. The molecule has 0 aromatic heterocycles. The van der Waals surface area contributed by atoms with Crippen LogP contribution in [-0.2, 0) is 0 Å². The van der Waals surface area contributed by atoms with Crippen LogP contribution in [0.1, 0.15) is 44.1 Å². The van der Waals surface area contributed by atoms with Crippen molar-refractivity contribution in [1.29, 1.82) is 5.26 Å². The lowest BCUT2D eigenvalue weighted by Gasteiger charge is -2.08. The molecule has 0 heterocycles. The topological polar surface area (TPSA) is 23.8 Å². The molecular weight excluding hydrogens is 189 g/mol. The standard InChI is InChI=1S/C13H16FN/c1-2-3-4-5-12(10-15)11-6-8-13(14)9-7-11/h6-9,12H,2-5H2,1H3. The molecule has 2 heteroatoms. The van der Waals surface area contributed by atoms with E-state index in [9.17, 15) is 4.39 Å². The molecule has 80 valence electrons. The van der Waals surface area contributed by atoms with E-state index in [-0.39, 0.29) is 11.7 Å². The van der Waals surface area contributed by atoms with Crippen LogP contribution in [0.25, 0.3) is 0 Å².